The zero-order valence-corrected chi connectivity index (χ0v) is 24.1. The molecule has 5 N–H and O–H groups in total. The molecule has 1 heterocycles. The molecule has 12 nitrogen and oxygen atoms in total. The van der Waals surface area contributed by atoms with Gasteiger partial charge in [0, 0.05) is 37.1 Å². The van der Waals surface area contributed by atoms with E-state index in [0.717, 1.165) is 22.0 Å². The lowest BCUT2D eigenvalue weighted by molar-refractivity contribution is -0.145. The molecule has 42 heavy (non-hydrogen) atoms. The smallest absolute Gasteiger partial charge is 0.328 e. The number of rotatable bonds is 15. The Kier molecular flexibility index (Phi) is 12.0. The monoisotopic (exact) mass is 582 g/mol. The van der Waals surface area contributed by atoms with Crippen LogP contribution < -0.4 is 10.6 Å². The van der Waals surface area contributed by atoms with Gasteiger partial charge in [-0.25, -0.2) is 4.79 Å². The lowest BCUT2D eigenvalue weighted by Gasteiger charge is -2.22. The van der Waals surface area contributed by atoms with E-state index in [9.17, 15) is 24.6 Å². The number of fused-ring (bicyclic) bond motifs is 1. The molecular formula is C30H38N4O8. The van der Waals surface area contributed by atoms with Crippen molar-refractivity contribution in [3.8, 4) is 0 Å². The van der Waals surface area contributed by atoms with Gasteiger partial charge < -0.3 is 40.1 Å². The van der Waals surface area contributed by atoms with Crippen LogP contribution in [0.3, 0.4) is 0 Å². The molecule has 5 atom stereocenters. The van der Waals surface area contributed by atoms with E-state index in [0.29, 0.717) is 0 Å². The van der Waals surface area contributed by atoms with Gasteiger partial charge >= 0.3 is 5.97 Å². The first-order valence-electron chi connectivity index (χ1n) is 13.5. The zero-order valence-electron chi connectivity index (χ0n) is 24.1. The van der Waals surface area contributed by atoms with Gasteiger partial charge in [-0.2, -0.15) is 0 Å². The highest BCUT2D eigenvalue weighted by molar-refractivity contribution is 5.93. The number of oxime groups is 1. The fourth-order valence-electron chi connectivity index (χ4n) is 4.33. The van der Waals surface area contributed by atoms with Crippen molar-refractivity contribution in [2.24, 2.45) is 5.16 Å². The predicted octanol–water partition coefficient (Wildman–Crippen LogP) is 1.24. The van der Waals surface area contributed by atoms with E-state index in [2.05, 4.69) is 20.8 Å². The Morgan fingerprint density at radius 2 is 1.62 bits per heavy atom. The maximum absolute atomic E-state index is 13.5. The van der Waals surface area contributed by atoms with E-state index in [-0.39, 0.29) is 18.6 Å². The van der Waals surface area contributed by atoms with Gasteiger partial charge in [-0.1, -0.05) is 53.7 Å². The van der Waals surface area contributed by atoms with E-state index in [1.54, 1.807) is 13.1 Å². The maximum Gasteiger partial charge on any atom is 0.328 e. The molecule has 226 valence electrons. The maximum atomic E-state index is 13.5. The van der Waals surface area contributed by atoms with Crippen molar-refractivity contribution >= 4 is 34.4 Å². The summed E-state index contributed by atoms with van der Waals surface area (Å²) in [7, 11) is 2.64. The minimum atomic E-state index is -1.37. The summed E-state index contributed by atoms with van der Waals surface area (Å²) in [5.41, 5.74) is 2.45. The lowest BCUT2D eigenvalue weighted by atomic mass is 10.0. The van der Waals surface area contributed by atoms with Crippen LogP contribution in [0.1, 0.15) is 25.0 Å². The molecule has 0 bridgehead atoms. The normalized spacial score (nSPS) is 15.2. The number of para-hydroxylation sites is 1. The Hall–Kier alpha value is -4.26. The number of aromatic amines is 1. The molecule has 0 aliphatic heterocycles. The molecule has 0 saturated carbocycles. The first kappa shape index (κ1) is 32.3. The summed E-state index contributed by atoms with van der Waals surface area (Å²) in [4.78, 5) is 47.3. The highest BCUT2D eigenvalue weighted by atomic mass is 16.6. The van der Waals surface area contributed by atoms with Gasteiger partial charge in [-0.15, -0.1) is 0 Å². The van der Waals surface area contributed by atoms with Gasteiger partial charge in [0.2, 0.25) is 5.91 Å². The third kappa shape index (κ3) is 8.87. The van der Waals surface area contributed by atoms with E-state index in [1.807, 2.05) is 54.6 Å². The van der Waals surface area contributed by atoms with Gasteiger partial charge in [0.25, 0.3) is 5.91 Å². The number of benzene rings is 2. The molecule has 0 aliphatic rings. The van der Waals surface area contributed by atoms with Crippen molar-refractivity contribution in [1.82, 2.24) is 15.6 Å². The van der Waals surface area contributed by atoms with E-state index >= 15 is 0 Å². The van der Waals surface area contributed by atoms with Gasteiger partial charge in [0.05, 0.1) is 19.3 Å². The molecule has 2 amide bonds. The SMILES string of the molecule is COC(=O)[C@@H](Cc1ccccc1)NC(=O)[C@H](Cc1c[nH]c2ccccc12)NC(=O)CO/N=C(/[C@H](C)OC)[C@@H](O)[C@@H](C)O. The summed E-state index contributed by atoms with van der Waals surface area (Å²) in [6, 6.07) is 14.6. The number of ether oxygens (including phenoxy) is 2. The third-order valence-corrected chi connectivity index (χ3v) is 6.73. The molecule has 0 aliphatic carbocycles. The van der Waals surface area contributed by atoms with E-state index in [4.69, 9.17) is 14.3 Å². The van der Waals surface area contributed by atoms with Crippen LogP contribution >= 0.6 is 0 Å². The van der Waals surface area contributed by atoms with Gasteiger partial charge in [-0.3, -0.25) is 9.59 Å². The Balaban J connectivity index is 1.79. The standard InChI is InChI=1S/C30H38N4O8/c1-18(35)28(37)27(19(2)40-3)34-42-17-26(36)32-24(15-21-16-31-23-13-9-8-12-22(21)23)29(38)33-25(30(39)41-4)14-20-10-6-5-7-11-20/h5-13,16,18-19,24-25,28,31,35,37H,14-15,17H2,1-4H3,(H,32,36)(H,33,38)/b34-27-/t18-,19+,24+,25-,28+/m1/s1. The average molecular weight is 583 g/mol. The average Bonchev–Trinajstić information content (AvgIpc) is 3.40. The Morgan fingerprint density at radius 3 is 2.29 bits per heavy atom. The van der Waals surface area contributed by atoms with Crippen LogP contribution in [-0.2, 0) is 41.5 Å². The fraction of sp³-hybridized carbons (Fsp3) is 0.400. The van der Waals surface area contributed by atoms with Crippen molar-refractivity contribution in [3.63, 3.8) is 0 Å². The van der Waals surface area contributed by atoms with E-state index < -0.39 is 54.8 Å². The number of carbonyl (C=O) groups is 3. The Morgan fingerprint density at radius 1 is 0.929 bits per heavy atom. The number of carbonyl (C=O) groups excluding carboxylic acids is 3. The second-order valence-corrected chi connectivity index (χ2v) is 9.81. The first-order chi connectivity index (χ1) is 20.1. The minimum absolute atomic E-state index is 0.00443. The quantitative estimate of drug-likeness (QED) is 0.101. The minimum Gasteiger partial charge on any atom is -0.467 e. The first-order valence-corrected chi connectivity index (χ1v) is 13.5. The number of hydrogen-bond acceptors (Lipinski definition) is 9. The molecule has 0 fully saturated rings. The van der Waals surface area contributed by atoms with Crippen LogP contribution in [-0.4, -0.2) is 89.9 Å². The molecule has 3 rings (SSSR count). The number of nitrogens with one attached hydrogen (secondary N) is 3. The molecule has 1 aromatic heterocycles. The molecule has 0 spiro atoms. The number of hydrogen-bond donors (Lipinski definition) is 5. The molecular weight excluding hydrogens is 544 g/mol. The number of esters is 1. The van der Waals surface area contributed by atoms with Crippen molar-refractivity contribution < 1.29 is 38.9 Å². The summed E-state index contributed by atoms with van der Waals surface area (Å²) in [5.74, 6) is -1.90. The fourth-order valence-corrected chi connectivity index (χ4v) is 4.33. The number of methoxy groups -OCH3 is 2. The summed E-state index contributed by atoms with van der Waals surface area (Å²) < 4.78 is 10.1. The van der Waals surface area contributed by atoms with E-state index in [1.165, 1.54) is 21.1 Å². The Bertz CT molecular complexity index is 1360. The molecule has 3 aromatic rings. The molecule has 0 unspecified atom stereocenters. The van der Waals surface area contributed by atoms with Crippen molar-refractivity contribution in [3.05, 3.63) is 71.9 Å². The van der Waals surface area contributed by atoms with Crippen LogP contribution in [0.5, 0.6) is 0 Å². The van der Waals surface area contributed by atoms with Gasteiger partial charge in [0.1, 0.15) is 23.9 Å². The van der Waals surface area contributed by atoms with Crippen LogP contribution in [0.15, 0.2) is 65.9 Å². The number of amides is 2. The van der Waals surface area contributed by atoms with Crippen LogP contribution in [0.2, 0.25) is 0 Å². The summed E-state index contributed by atoms with van der Waals surface area (Å²) in [6.45, 7) is 2.39. The van der Waals surface area contributed by atoms with Gasteiger partial charge in [-0.05, 0) is 31.0 Å². The molecule has 0 radical (unpaired) electrons. The molecule has 0 saturated heterocycles. The highest BCUT2D eigenvalue weighted by Crippen LogP contribution is 2.19. The molecule has 2 aromatic carbocycles. The number of aliphatic hydroxyl groups excluding tert-OH is 2. The van der Waals surface area contributed by atoms with Crippen LogP contribution in [0.4, 0.5) is 0 Å². The van der Waals surface area contributed by atoms with Crippen molar-refractivity contribution in [1.29, 1.82) is 0 Å². The van der Waals surface area contributed by atoms with Crippen LogP contribution in [0.25, 0.3) is 10.9 Å². The third-order valence-electron chi connectivity index (χ3n) is 6.73. The number of aliphatic hydroxyl groups is 2. The molecule has 12 heteroatoms. The number of H-pyrrole nitrogens is 1. The number of aromatic nitrogens is 1. The van der Waals surface area contributed by atoms with Crippen molar-refractivity contribution in [2.75, 3.05) is 20.8 Å². The Labute approximate surface area is 244 Å². The topological polar surface area (TPSA) is 172 Å². The number of nitrogens with zero attached hydrogens (tertiary/aromatic N) is 1. The predicted molar refractivity (Wildman–Crippen MR) is 156 cm³/mol. The largest absolute Gasteiger partial charge is 0.467 e. The van der Waals surface area contributed by atoms with Gasteiger partial charge in [0.15, 0.2) is 6.61 Å². The van der Waals surface area contributed by atoms with Crippen LogP contribution in [0, 0.1) is 0 Å². The summed E-state index contributed by atoms with van der Waals surface area (Å²) in [6.07, 6.45) is -1.16. The van der Waals surface area contributed by atoms with Crippen molar-refractivity contribution in [2.45, 2.75) is 57.1 Å². The zero-order chi connectivity index (χ0) is 30.6. The highest BCUT2D eigenvalue weighted by Gasteiger charge is 2.29. The second kappa shape index (κ2) is 15.7. The second-order valence-electron chi connectivity index (χ2n) is 9.81. The lowest BCUT2D eigenvalue weighted by Crippen LogP contribution is -2.53. The summed E-state index contributed by atoms with van der Waals surface area (Å²) in [5, 5.41) is 30.0. The summed E-state index contributed by atoms with van der Waals surface area (Å²) >= 11 is 0.